The molecule has 28 heavy (non-hydrogen) atoms. The van der Waals surface area contributed by atoms with E-state index in [4.69, 9.17) is 15.6 Å². The van der Waals surface area contributed by atoms with E-state index in [0.29, 0.717) is 11.7 Å². The molecule has 0 saturated carbocycles. The summed E-state index contributed by atoms with van der Waals surface area (Å²) in [4.78, 5) is 13.0. The molecule has 1 aromatic carbocycles. The van der Waals surface area contributed by atoms with Gasteiger partial charge < -0.3 is 15.8 Å². The second-order valence-corrected chi connectivity index (χ2v) is 6.70. The molecule has 0 radical (unpaired) electrons. The number of nitrogens with two attached hydrogens (primary N) is 1. The second-order valence-electron chi connectivity index (χ2n) is 6.70. The Morgan fingerprint density at radius 2 is 1.96 bits per heavy atom. The van der Waals surface area contributed by atoms with Crippen LogP contribution < -0.4 is 15.8 Å². The molecule has 1 aliphatic heterocycles. The van der Waals surface area contributed by atoms with Crippen LogP contribution in [0.2, 0.25) is 0 Å². The van der Waals surface area contributed by atoms with Gasteiger partial charge >= 0.3 is 0 Å². The van der Waals surface area contributed by atoms with Crippen LogP contribution in [0.5, 0.6) is 11.6 Å². The molecule has 4 heterocycles. The molecule has 0 spiro atoms. The van der Waals surface area contributed by atoms with Crippen molar-refractivity contribution in [3.05, 3.63) is 55.0 Å². The lowest BCUT2D eigenvalue weighted by Crippen LogP contribution is -2.15. The van der Waals surface area contributed by atoms with Crippen molar-refractivity contribution in [1.82, 2.24) is 30.0 Å². The monoisotopic (exact) mass is 373 g/mol. The molecule has 0 amide bonds. The molecule has 1 aliphatic rings. The topological polar surface area (TPSA) is 104 Å². The minimum Gasteiger partial charge on any atom is -0.439 e. The summed E-state index contributed by atoms with van der Waals surface area (Å²) in [5.41, 5.74) is 8.50. The first kappa shape index (κ1) is 16.6. The molecule has 1 atom stereocenters. The molecule has 1 fully saturated rings. The second kappa shape index (κ2) is 6.90. The van der Waals surface area contributed by atoms with Crippen molar-refractivity contribution in [1.29, 1.82) is 0 Å². The number of hydrogen-bond donors (Lipinski definition) is 2. The number of nitrogens with one attached hydrogen (secondary N) is 1. The van der Waals surface area contributed by atoms with Gasteiger partial charge in [-0.2, -0.15) is 5.10 Å². The Morgan fingerprint density at radius 1 is 1.07 bits per heavy atom. The highest BCUT2D eigenvalue weighted by Gasteiger charge is 2.24. The van der Waals surface area contributed by atoms with Gasteiger partial charge in [0.15, 0.2) is 5.65 Å². The maximum absolute atomic E-state index is 6.17. The number of nitrogen functional groups attached to an aromatic ring is 1. The Morgan fingerprint density at radius 3 is 2.71 bits per heavy atom. The van der Waals surface area contributed by atoms with Crippen LogP contribution in [0.3, 0.4) is 0 Å². The first-order valence-corrected chi connectivity index (χ1v) is 9.18. The van der Waals surface area contributed by atoms with Crippen LogP contribution in [0.15, 0.2) is 55.0 Å². The third kappa shape index (κ3) is 2.93. The molecule has 0 bridgehead atoms. The van der Waals surface area contributed by atoms with Gasteiger partial charge in [0, 0.05) is 24.4 Å². The zero-order valence-corrected chi connectivity index (χ0v) is 15.1. The molecule has 3 aromatic heterocycles. The summed E-state index contributed by atoms with van der Waals surface area (Å²) in [6.45, 7) is 1.83. The maximum Gasteiger partial charge on any atom is 0.219 e. The van der Waals surface area contributed by atoms with Gasteiger partial charge in [0.05, 0.1) is 11.4 Å². The van der Waals surface area contributed by atoms with Crippen molar-refractivity contribution in [2.24, 2.45) is 0 Å². The number of pyridine rings is 1. The predicted octanol–water partition coefficient (Wildman–Crippen LogP) is 2.80. The molecule has 8 nitrogen and oxygen atoms in total. The van der Waals surface area contributed by atoms with Gasteiger partial charge in [-0.05, 0) is 31.2 Å². The summed E-state index contributed by atoms with van der Waals surface area (Å²) in [5, 5.41) is 8.95. The third-order valence-corrected chi connectivity index (χ3v) is 4.87. The summed E-state index contributed by atoms with van der Waals surface area (Å²) in [5.74, 6) is 1.67. The van der Waals surface area contributed by atoms with E-state index in [-0.39, 0.29) is 6.04 Å². The zero-order chi connectivity index (χ0) is 18.9. The Hall–Kier alpha value is -3.52. The highest BCUT2D eigenvalue weighted by molar-refractivity contribution is 5.98. The predicted molar refractivity (Wildman–Crippen MR) is 106 cm³/mol. The fourth-order valence-corrected chi connectivity index (χ4v) is 3.49. The van der Waals surface area contributed by atoms with Gasteiger partial charge in [-0.1, -0.05) is 18.2 Å². The molecule has 1 saturated heterocycles. The normalized spacial score (nSPS) is 16.5. The van der Waals surface area contributed by atoms with Crippen molar-refractivity contribution in [3.8, 4) is 22.9 Å². The van der Waals surface area contributed by atoms with E-state index in [1.165, 1.54) is 6.33 Å². The number of para-hydroxylation sites is 1. The van der Waals surface area contributed by atoms with Crippen molar-refractivity contribution in [2.75, 3.05) is 18.8 Å². The largest absolute Gasteiger partial charge is 0.439 e. The van der Waals surface area contributed by atoms with E-state index in [1.807, 2.05) is 47.1 Å². The minimum absolute atomic E-state index is 0.249. The average Bonchev–Trinajstić information content (AvgIpc) is 3.38. The van der Waals surface area contributed by atoms with E-state index >= 15 is 0 Å². The Labute approximate surface area is 161 Å². The van der Waals surface area contributed by atoms with E-state index in [2.05, 4.69) is 20.3 Å². The van der Waals surface area contributed by atoms with Crippen molar-refractivity contribution in [3.63, 3.8) is 0 Å². The van der Waals surface area contributed by atoms with Crippen LogP contribution in [-0.2, 0) is 0 Å². The van der Waals surface area contributed by atoms with Crippen molar-refractivity contribution >= 4 is 16.9 Å². The van der Waals surface area contributed by atoms with Crippen molar-refractivity contribution in [2.45, 2.75) is 12.5 Å². The number of fused-ring (bicyclic) bond motifs is 1. The Balaban J connectivity index is 1.53. The van der Waals surface area contributed by atoms with Gasteiger partial charge in [-0.3, -0.25) is 0 Å². The summed E-state index contributed by atoms with van der Waals surface area (Å²) in [6, 6.07) is 13.6. The quantitative estimate of drug-likeness (QED) is 0.567. The molecule has 5 rings (SSSR count). The number of anilines is 1. The summed E-state index contributed by atoms with van der Waals surface area (Å²) < 4.78 is 7.73. The van der Waals surface area contributed by atoms with Crippen LogP contribution in [0.4, 0.5) is 5.82 Å². The standard InChI is InChI=1S/C20H19N7O/c21-19-17-18(26-27(14-8-9-22-11-14)20(17)25-12-24-19)13-6-7-16(23-10-13)28-15-4-2-1-3-5-15/h1-7,10,12,14,22H,8-9,11H2,(H2,21,24,25)/t14-/m0/s1. The number of ether oxygens (including phenoxy) is 1. The number of nitrogens with zero attached hydrogens (tertiary/aromatic N) is 5. The van der Waals surface area contributed by atoms with Crippen LogP contribution in [0.1, 0.15) is 12.5 Å². The Bertz CT molecular complexity index is 1100. The highest BCUT2D eigenvalue weighted by atomic mass is 16.5. The summed E-state index contributed by atoms with van der Waals surface area (Å²) >= 11 is 0. The number of benzene rings is 1. The molecule has 3 N–H and O–H groups in total. The van der Waals surface area contributed by atoms with Gasteiger partial charge in [0.25, 0.3) is 0 Å². The fourth-order valence-electron chi connectivity index (χ4n) is 3.49. The van der Waals surface area contributed by atoms with Gasteiger partial charge in [0.2, 0.25) is 5.88 Å². The number of aromatic nitrogens is 5. The van der Waals surface area contributed by atoms with Crippen LogP contribution in [0, 0.1) is 0 Å². The molecule has 140 valence electrons. The number of hydrogen-bond acceptors (Lipinski definition) is 7. The molecule has 0 aliphatic carbocycles. The minimum atomic E-state index is 0.249. The molecule has 8 heteroatoms. The van der Waals surface area contributed by atoms with Crippen LogP contribution in [0.25, 0.3) is 22.3 Å². The smallest absolute Gasteiger partial charge is 0.219 e. The average molecular weight is 373 g/mol. The molecule has 0 unspecified atom stereocenters. The van der Waals surface area contributed by atoms with E-state index < -0.39 is 0 Å². The van der Waals surface area contributed by atoms with Gasteiger partial charge in [0.1, 0.15) is 23.6 Å². The van der Waals surface area contributed by atoms with Crippen molar-refractivity contribution < 1.29 is 4.74 Å². The third-order valence-electron chi connectivity index (χ3n) is 4.87. The maximum atomic E-state index is 6.17. The Kier molecular flexibility index (Phi) is 4.10. The highest BCUT2D eigenvalue weighted by Crippen LogP contribution is 2.33. The first-order chi connectivity index (χ1) is 13.8. The van der Waals surface area contributed by atoms with Gasteiger partial charge in [-0.25, -0.2) is 19.6 Å². The zero-order valence-electron chi connectivity index (χ0n) is 15.1. The fraction of sp³-hybridized carbons (Fsp3) is 0.200. The van der Waals surface area contributed by atoms with Crippen LogP contribution >= 0.6 is 0 Å². The van der Waals surface area contributed by atoms with Crippen LogP contribution in [-0.4, -0.2) is 37.8 Å². The van der Waals surface area contributed by atoms with Gasteiger partial charge in [-0.15, -0.1) is 0 Å². The summed E-state index contributed by atoms with van der Waals surface area (Å²) in [7, 11) is 0. The van der Waals surface area contributed by atoms with E-state index in [9.17, 15) is 0 Å². The molecule has 4 aromatic rings. The molecular formula is C20H19N7O. The molecular weight excluding hydrogens is 354 g/mol. The lowest BCUT2D eigenvalue weighted by Gasteiger charge is -2.09. The SMILES string of the molecule is Nc1ncnc2c1c(-c1ccc(Oc3ccccc3)nc1)nn2[C@H]1CCNC1. The summed E-state index contributed by atoms with van der Waals surface area (Å²) in [6.07, 6.45) is 4.23. The lowest BCUT2D eigenvalue weighted by atomic mass is 10.1. The number of rotatable bonds is 4. The van der Waals surface area contributed by atoms with E-state index in [0.717, 1.165) is 47.6 Å². The first-order valence-electron chi connectivity index (χ1n) is 9.18. The lowest BCUT2D eigenvalue weighted by molar-refractivity contribution is 0.463. The van der Waals surface area contributed by atoms with E-state index in [1.54, 1.807) is 6.20 Å².